The number of para-hydroxylation sites is 1. The molecule has 1 aliphatic carbocycles. The van der Waals surface area contributed by atoms with E-state index in [9.17, 15) is 9.59 Å². The number of hydrogen-bond donors (Lipinski definition) is 1. The second-order valence-corrected chi connectivity index (χ2v) is 7.84. The van der Waals surface area contributed by atoms with Crippen LogP contribution in [0, 0.1) is 6.92 Å². The van der Waals surface area contributed by atoms with Crippen LogP contribution in [0.15, 0.2) is 48.5 Å². The van der Waals surface area contributed by atoms with Crippen LogP contribution in [0.3, 0.4) is 0 Å². The fourth-order valence-electron chi connectivity index (χ4n) is 3.89. The molecule has 1 heterocycles. The number of allylic oxidation sites excluding steroid dienone is 1. The summed E-state index contributed by atoms with van der Waals surface area (Å²) in [4.78, 5) is 29.8. The quantitative estimate of drug-likeness (QED) is 0.593. The van der Waals surface area contributed by atoms with Crippen LogP contribution in [0.1, 0.15) is 52.5 Å². The number of fused-ring (bicyclic) bond motifs is 2. The van der Waals surface area contributed by atoms with Gasteiger partial charge >= 0.3 is 5.97 Å². The number of nitrogens with one attached hydrogen (secondary N) is 1. The minimum absolute atomic E-state index is 0.281. The molecule has 0 unspecified atom stereocenters. The first-order valence-electron chi connectivity index (χ1n) is 10.7. The predicted molar refractivity (Wildman–Crippen MR) is 123 cm³/mol. The molecule has 3 aromatic rings. The van der Waals surface area contributed by atoms with Crippen LogP contribution in [-0.2, 0) is 16.0 Å². The Morgan fingerprint density at radius 3 is 2.65 bits per heavy atom. The van der Waals surface area contributed by atoms with Crippen molar-refractivity contribution in [2.24, 2.45) is 0 Å². The number of rotatable bonds is 6. The first kappa shape index (κ1) is 20.8. The second-order valence-electron chi connectivity index (χ2n) is 7.84. The van der Waals surface area contributed by atoms with E-state index in [0.717, 1.165) is 52.6 Å². The summed E-state index contributed by atoms with van der Waals surface area (Å²) in [5, 5.41) is 3.49. The fourth-order valence-corrected chi connectivity index (χ4v) is 3.89. The zero-order valence-corrected chi connectivity index (χ0v) is 17.9. The van der Waals surface area contributed by atoms with Crippen molar-refractivity contribution in [2.45, 2.75) is 33.1 Å². The van der Waals surface area contributed by atoms with Gasteiger partial charge in [0, 0.05) is 11.9 Å². The molecule has 0 saturated heterocycles. The molecule has 0 spiro atoms. The van der Waals surface area contributed by atoms with Gasteiger partial charge in [0.1, 0.15) is 0 Å². The summed E-state index contributed by atoms with van der Waals surface area (Å²) in [7, 11) is 0. The molecule has 2 aromatic carbocycles. The Morgan fingerprint density at radius 2 is 1.87 bits per heavy atom. The molecule has 4 rings (SSSR count). The second kappa shape index (κ2) is 9.13. The van der Waals surface area contributed by atoms with Crippen molar-refractivity contribution in [2.75, 3.05) is 13.2 Å². The van der Waals surface area contributed by atoms with Gasteiger partial charge in [-0.15, -0.1) is 0 Å². The number of aromatic nitrogens is 1. The first-order chi connectivity index (χ1) is 15.1. The van der Waals surface area contributed by atoms with Crippen LogP contribution in [0.2, 0.25) is 0 Å². The monoisotopic (exact) mass is 414 g/mol. The van der Waals surface area contributed by atoms with E-state index in [0.29, 0.717) is 12.1 Å². The minimum Gasteiger partial charge on any atom is -0.452 e. The predicted octanol–water partition coefficient (Wildman–Crippen LogP) is 4.71. The highest BCUT2D eigenvalue weighted by molar-refractivity contribution is 6.07. The smallest absolute Gasteiger partial charge is 0.339 e. The lowest BCUT2D eigenvalue weighted by Gasteiger charge is -2.12. The van der Waals surface area contributed by atoms with Crippen LogP contribution in [-0.4, -0.2) is 30.0 Å². The molecule has 0 bridgehead atoms. The number of ether oxygens (including phenoxy) is 1. The van der Waals surface area contributed by atoms with Crippen LogP contribution in [0.25, 0.3) is 22.6 Å². The number of benzene rings is 2. The van der Waals surface area contributed by atoms with Crippen LogP contribution >= 0.6 is 0 Å². The van der Waals surface area contributed by atoms with Crippen molar-refractivity contribution in [3.05, 3.63) is 76.5 Å². The molecule has 0 atom stereocenters. The highest BCUT2D eigenvalue weighted by atomic mass is 16.5. The Kier molecular flexibility index (Phi) is 6.12. The highest BCUT2D eigenvalue weighted by Gasteiger charge is 2.27. The molecule has 31 heavy (non-hydrogen) atoms. The number of aryl methyl sites for hydroxylation is 1. The minimum atomic E-state index is -0.474. The van der Waals surface area contributed by atoms with Crippen molar-refractivity contribution in [3.63, 3.8) is 0 Å². The van der Waals surface area contributed by atoms with Crippen molar-refractivity contribution >= 4 is 34.4 Å². The number of carbonyl (C=O) groups excluding carboxylic acids is 2. The van der Waals surface area contributed by atoms with Gasteiger partial charge in [0.15, 0.2) is 6.61 Å². The van der Waals surface area contributed by atoms with Gasteiger partial charge in [-0.25, -0.2) is 9.78 Å². The number of carbonyl (C=O) groups is 2. The fraction of sp³-hybridized carbons (Fsp3) is 0.269. The number of pyridine rings is 1. The third-order valence-electron chi connectivity index (χ3n) is 5.47. The first-order valence-corrected chi connectivity index (χ1v) is 10.7. The Bertz CT molecular complexity index is 1160. The molecule has 5 heteroatoms. The standard InChI is InChI=1S/C26H26N2O3/c1-3-14-27-23(29)16-31-26(30)24-20-6-4-5-7-22(20)28-25-19(12-13-21(24)25)15-18-10-8-17(2)9-11-18/h4-11,15H,3,12-14,16H2,1-2H3,(H,27,29)/b19-15+. The lowest BCUT2D eigenvalue weighted by molar-refractivity contribution is -0.124. The van der Waals surface area contributed by atoms with E-state index in [1.807, 2.05) is 31.2 Å². The average molecular weight is 415 g/mol. The van der Waals surface area contributed by atoms with Gasteiger partial charge in [-0.2, -0.15) is 0 Å². The lowest BCUT2D eigenvalue weighted by Crippen LogP contribution is -2.29. The summed E-state index contributed by atoms with van der Waals surface area (Å²) in [5.41, 5.74) is 6.46. The van der Waals surface area contributed by atoms with E-state index >= 15 is 0 Å². The topological polar surface area (TPSA) is 68.3 Å². The molecule has 1 N–H and O–H groups in total. The lowest BCUT2D eigenvalue weighted by atomic mass is 10.0. The molecule has 0 saturated carbocycles. The van der Waals surface area contributed by atoms with Gasteiger partial charge < -0.3 is 10.1 Å². The highest BCUT2D eigenvalue weighted by Crippen LogP contribution is 2.37. The summed E-state index contributed by atoms with van der Waals surface area (Å²) in [6.07, 6.45) is 4.50. The van der Waals surface area contributed by atoms with Crippen molar-refractivity contribution < 1.29 is 14.3 Å². The van der Waals surface area contributed by atoms with E-state index < -0.39 is 5.97 Å². The summed E-state index contributed by atoms with van der Waals surface area (Å²) in [5.74, 6) is -0.761. The van der Waals surface area contributed by atoms with Crippen LogP contribution < -0.4 is 5.32 Å². The Balaban J connectivity index is 1.70. The van der Waals surface area contributed by atoms with Crippen molar-refractivity contribution in [1.82, 2.24) is 10.3 Å². The van der Waals surface area contributed by atoms with Gasteiger partial charge in [-0.3, -0.25) is 4.79 Å². The van der Waals surface area contributed by atoms with Crippen molar-refractivity contribution in [1.29, 1.82) is 0 Å². The summed E-state index contributed by atoms with van der Waals surface area (Å²) >= 11 is 0. The van der Waals surface area contributed by atoms with Crippen LogP contribution in [0.4, 0.5) is 0 Å². The molecule has 158 valence electrons. The molecular formula is C26H26N2O3. The number of esters is 1. The normalized spacial score (nSPS) is 13.9. The maximum absolute atomic E-state index is 13.0. The maximum atomic E-state index is 13.0. The summed E-state index contributed by atoms with van der Waals surface area (Å²) in [6.45, 7) is 4.32. The van der Waals surface area contributed by atoms with Gasteiger partial charge in [0.05, 0.1) is 16.8 Å². The summed E-state index contributed by atoms with van der Waals surface area (Å²) in [6, 6.07) is 15.9. The Morgan fingerprint density at radius 1 is 1.10 bits per heavy atom. The SMILES string of the molecule is CCCNC(=O)COC(=O)c1c2c(nc3ccccc13)/C(=C/c1ccc(C)cc1)CC2. The van der Waals surface area contributed by atoms with E-state index in [-0.39, 0.29) is 12.5 Å². The van der Waals surface area contributed by atoms with Gasteiger partial charge in [0.2, 0.25) is 0 Å². The van der Waals surface area contributed by atoms with Crippen molar-refractivity contribution in [3.8, 4) is 0 Å². The van der Waals surface area contributed by atoms with E-state index in [1.165, 1.54) is 5.56 Å². The number of hydrogen-bond acceptors (Lipinski definition) is 4. The zero-order chi connectivity index (χ0) is 21.8. The molecule has 0 radical (unpaired) electrons. The van der Waals surface area contributed by atoms with E-state index in [4.69, 9.17) is 9.72 Å². The Hall–Kier alpha value is -3.47. The molecule has 1 aliphatic rings. The number of amides is 1. The van der Waals surface area contributed by atoms with Crippen LogP contribution in [0.5, 0.6) is 0 Å². The zero-order valence-electron chi connectivity index (χ0n) is 17.9. The molecular weight excluding hydrogens is 388 g/mol. The molecule has 1 aromatic heterocycles. The number of nitrogens with zero attached hydrogens (tertiary/aromatic N) is 1. The van der Waals surface area contributed by atoms with Gasteiger partial charge in [-0.1, -0.05) is 55.0 Å². The molecule has 1 amide bonds. The largest absolute Gasteiger partial charge is 0.452 e. The third kappa shape index (κ3) is 4.50. The maximum Gasteiger partial charge on any atom is 0.339 e. The average Bonchev–Trinajstić information content (AvgIpc) is 3.17. The van der Waals surface area contributed by atoms with Gasteiger partial charge in [-0.05, 0) is 55.0 Å². The van der Waals surface area contributed by atoms with Gasteiger partial charge in [0.25, 0.3) is 5.91 Å². The molecule has 0 aliphatic heterocycles. The third-order valence-corrected chi connectivity index (χ3v) is 5.47. The van der Waals surface area contributed by atoms with E-state index in [2.05, 4.69) is 42.6 Å². The summed E-state index contributed by atoms with van der Waals surface area (Å²) < 4.78 is 5.39. The molecule has 5 nitrogen and oxygen atoms in total. The molecule has 0 fully saturated rings. The Labute approximate surface area is 182 Å². The van der Waals surface area contributed by atoms with E-state index in [1.54, 1.807) is 0 Å².